The summed E-state index contributed by atoms with van der Waals surface area (Å²) in [7, 11) is 0. The summed E-state index contributed by atoms with van der Waals surface area (Å²) in [6.07, 6.45) is 0. The van der Waals surface area contributed by atoms with E-state index in [1.807, 2.05) is 0 Å². The molecule has 0 N–H and O–H groups in total. The van der Waals surface area contributed by atoms with Crippen LogP contribution in [0.5, 0.6) is 0 Å². The second-order valence-corrected chi connectivity index (χ2v) is 11.9. The van der Waals surface area contributed by atoms with Crippen LogP contribution >= 0.6 is 0 Å². The zero-order chi connectivity index (χ0) is 25.5. The van der Waals surface area contributed by atoms with Gasteiger partial charge in [0.15, 0.2) is 0 Å². The Bertz CT molecular complexity index is 1600. The van der Waals surface area contributed by atoms with Crippen LogP contribution in [0.3, 0.4) is 0 Å². The van der Waals surface area contributed by atoms with Gasteiger partial charge in [0.2, 0.25) is 0 Å². The summed E-state index contributed by atoms with van der Waals surface area (Å²) in [5, 5.41) is 0. The molecular weight excluding hydrogens is 444 g/mol. The van der Waals surface area contributed by atoms with Gasteiger partial charge in [0.05, 0.1) is 0 Å². The van der Waals surface area contributed by atoms with Crippen LogP contribution in [0.4, 0.5) is 0 Å². The molecule has 37 heavy (non-hydrogen) atoms. The first-order valence-corrected chi connectivity index (χ1v) is 13.4. The first kappa shape index (κ1) is 22.3. The van der Waals surface area contributed by atoms with Gasteiger partial charge in [-0.05, 0) is 97.4 Å². The Kier molecular flexibility index (Phi) is 4.56. The van der Waals surface area contributed by atoms with E-state index in [4.69, 9.17) is 0 Å². The largest absolute Gasteiger partial charge is 0.0619 e. The van der Waals surface area contributed by atoms with Gasteiger partial charge in [0, 0.05) is 10.8 Å². The minimum Gasteiger partial charge on any atom is -0.0619 e. The van der Waals surface area contributed by atoms with Crippen molar-refractivity contribution in [3.63, 3.8) is 0 Å². The third kappa shape index (κ3) is 3.15. The highest BCUT2D eigenvalue weighted by Gasteiger charge is 2.36. The number of hydrogen-bond acceptors (Lipinski definition) is 0. The fraction of sp³-hybridized carbons (Fsp3) is 0.189. The molecule has 0 radical (unpaired) electrons. The molecule has 0 spiro atoms. The third-order valence-electron chi connectivity index (χ3n) is 8.91. The molecular formula is C37H32. The van der Waals surface area contributed by atoms with Gasteiger partial charge in [-0.3, -0.25) is 0 Å². The quantitative estimate of drug-likeness (QED) is 0.238. The standard InChI is InChI=1S/C37H32/c1-23-18-26(24-14-16-34-30(21-24)28-10-6-8-12-32(28)36(34,2)3)20-27(19-23)25-15-17-35-31(22-25)29-11-7-9-13-33(29)37(35,4)5/h6-22H,1-5H3. The fourth-order valence-corrected chi connectivity index (χ4v) is 6.92. The molecule has 0 heteroatoms. The van der Waals surface area contributed by atoms with Crippen molar-refractivity contribution in [2.24, 2.45) is 0 Å². The summed E-state index contributed by atoms with van der Waals surface area (Å²) in [4.78, 5) is 0. The monoisotopic (exact) mass is 476 g/mol. The molecule has 0 heterocycles. The van der Waals surface area contributed by atoms with Gasteiger partial charge in [0.1, 0.15) is 0 Å². The van der Waals surface area contributed by atoms with E-state index in [1.165, 1.54) is 72.3 Å². The molecule has 2 aliphatic carbocycles. The van der Waals surface area contributed by atoms with Crippen molar-refractivity contribution in [1.82, 2.24) is 0 Å². The van der Waals surface area contributed by atoms with Crippen molar-refractivity contribution in [2.75, 3.05) is 0 Å². The normalized spacial score (nSPS) is 15.6. The van der Waals surface area contributed by atoms with E-state index in [9.17, 15) is 0 Å². The Labute approximate surface area is 220 Å². The van der Waals surface area contributed by atoms with E-state index in [-0.39, 0.29) is 10.8 Å². The van der Waals surface area contributed by atoms with E-state index in [1.54, 1.807) is 0 Å². The molecule has 180 valence electrons. The second-order valence-electron chi connectivity index (χ2n) is 11.9. The SMILES string of the molecule is Cc1cc(-c2ccc3c(c2)-c2ccccc2C3(C)C)cc(-c2ccc3c(c2)-c2ccccc2C3(C)C)c1. The smallest absolute Gasteiger partial charge is 0.0158 e. The van der Waals surface area contributed by atoms with Crippen molar-refractivity contribution < 1.29 is 0 Å². The van der Waals surface area contributed by atoms with E-state index >= 15 is 0 Å². The first-order chi connectivity index (χ1) is 17.7. The summed E-state index contributed by atoms with van der Waals surface area (Å²) < 4.78 is 0. The third-order valence-corrected chi connectivity index (χ3v) is 8.91. The number of aryl methyl sites for hydroxylation is 1. The Morgan fingerprint density at radius 3 is 1.24 bits per heavy atom. The minimum absolute atomic E-state index is 0.0384. The molecule has 0 saturated carbocycles. The highest BCUT2D eigenvalue weighted by Crippen LogP contribution is 2.51. The number of benzene rings is 5. The van der Waals surface area contributed by atoms with Gasteiger partial charge in [-0.1, -0.05) is 113 Å². The van der Waals surface area contributed by atoms with Gasteiger partial charge in [-0.2, -0.15) is 0 Å². The zero-order valence-corrected chi connectivity index (χ0v) is 22.3. The lowest BCUT2D eigenvalue weighted by Crippen LogP contribution is -2.14. The summed E-state index contributed by atoms with van der Waals surface area (Å²) in [6.45, 7) is 11.6. The van der Waals surface area contributed by atoms with Crippen LogP contribution in [0.15, 0.2) is 103 Å². The molecule has 7 rings (SSSR count). The zero-order valence-electron chi connectivity index (χ0n) is 22.3. The summed E-state index contributed by atoms with van der Waals surface area (Å²) in [5.41, 5.74) is 17.7. The molecule has 0 amide bonds. The molecule has 0 aromatic heterocycles. The molecule has 0 saturated heterocycles. The van der Waals surface area contributed by atoms with Crippen molar-refractivity contribution in [3.8, 4) is 44.5 Å². The summed E-state index contributed by atoms with van der Waals surface area (Å²) in [5.74, 6) is 0. The fourth-order valence-electron chi connectivity index (χ4n) is 6.92. The minimum atomic E-state index is 0.0384. The van der Waals surface area contributed by atoms with Gasteiger partial charge in [-0.15, -0.1) is 0 Å². The summed E-state index contributed by atoms with van der Waals surface area (Å²) in [6, 6.07) is 38.9. The van der Waals surface area contributed by atoms with Crippen molar-refractivity contribution in [2.45, 2.75) is 45.4 Å². The predicted molar refractivity (Wildman–Crippen MR) is 157 cm³/mol. The Morgan fingerprint density at radius 2 is 0.784 bits per heavy atom. The average molecular weight is 477 g/mol. The number of rotatable bonds is 2. The van der Waals surface area contributed by atoms with Gasteiger partial charge in [-0.25, -0.2) is 0 Å². The predicted octanol–water partition coefficient (Wildman–Crippen LogP) is 9.94. The molecule has 2 aliphatic rings. The highest BCUT2D eigenvalue weighted by molar-refractivity contribution is 5.87. The molecule has 0 unspecified atom stereocenters. The molecule has 0 aliphatic heterocycles. The molecule has 0 atom stereocenters. The lowest BCUT2D eigenvalue weighted by Gasteiger charge is -2.21. The van der Waals surface area contributed by atoms with Gasteiger partial charge in [0.25, 0.3) is 0 Å². The van der Waals surface area contributed by atoms with Crippen LogP contribution in [0, 0.1) is 6.92 Å². The van der Waals surface area contributed by atoms with E-state index in [0.717, 1.165) is 0 Å². The second kappa shape index (κ2) is 7.56. The van der Waals surface area contributed by atoms with Crippen LogP contribution in [0.25, 0.3) is 44.5 Å². The van der Waals surface area contributed by atoms with Gasteiger partial charge >= 0.3 is 0 Å². The lowest BCUT2D eigenvalue weighted by molar-refractivity contribution is 0.660. The maximum Gasteiger partial charge on any atom is 0.0158 e. The molecule has 5 aromatic rings. The first-order valence-electron chi connectivity index (χ1n) is 13.4. The van der Waals surface area contributed by atoms with Crippen LogP contribution in [0.2, 0.25) is 0 Å². The van der Waals surface area contributed by atoms with Gasteiger partial charge < -0.3 is 0 Å². The topological polar surface area (TPSA) is 0 Å². The number of hydrogen-bond donors (Lipinski definition) is 0. The van der Waals surface area contributed by atoms with Crippen molar-refractivity contribution >= 4 is 0 Å². The Morgan fingerprint density at radius 1 is 0.378 bits per heavy atom. The molecule has 0 nitrogen and oxygen atoms in total. The molecule has 5 aromatic carbocycles. The van der Waals surface area contributed by atoms with Crippen LogP contribution in [-0.2, 0) is 10.8 Å². The van der Waals surface area contributed by atoms with Crippen molar-refractivity contribution in [3.05, 3.63) is 131 Å². The van der Waals surface area contributed by atoms with E-state index in [0.29, 0.717) is 0 Å². The Hall–Kier alpha value is -3.90. The Balaban J connectivity index is 1.35. The van der Waals surface area contributed by atoms with Crippen LogP contribution in [0.1, 0.15) is 55.5 Å². The highest BCUT2D eigenvalue weighted by atomic mass is 14.4. The lowest BCUT2D eigenvalue weighted by atomic mass is 9.82. The number of fused-ring (bicyclic) bond motifs is 6. The molecule has 0 bridgehead atoms. The van der Waals surface area contributed by atoms with E-state index in [2.05, 4.69) is 138 Å². The maximum absolute atomic E-state index is 2.41. The average Bonchev–Trinajstić information content (AvgIpc) is 3.28. The molecule has 0 fully saturated rings. The maximum atomic E-state index is 2.41. The summed E-state index contributed by atoms with van der Waals surface area (Å²) >= 11 is 0. The van der Waals surface area contributed by atoms with Crippen molar-refractivity contribution in [1.29, 1.82) is 0 Å². The van der Waals surface area contributed by atoms with Crippen LogP contribution in [-0.4, -0.2) is 0 Å². The van der Waals surface area contributed by atoms with Crippen LogP contribution < -0.4 is 0 Å². The van der Waals surface area contributed by atoms with E-state index < -0.39 is 0 Å².